The van der Waals surface area contributed by atoms with Crippen molar-refractivity contribution in [3.63, 3.8) is 0 Å². The second-order valence-corrected chi connectivity index (χ2v) is 3.06. The van der Waals surface area contributed by atoms with Crippen LogP contribution in [0.2, 0.25) is 0 Å². The van der Waals surface area contributed by atoms with Crippen LogP contribution in [0.1, 0.15) is 24.4 Å². The van der Waals surface area contributed by atoms with Gasteiger partial charge in [-0.05, 0) is 19.4 Å². The van der Waals surface area contributed by atoms with E-state index < -0.39 is 0 Å². The highest BCUT2D eigenvalue weighted by molar-refractivity contribution is 5.13. The van der Waals surface area contributed by atoms with E-state index in [0.717, 1.165) is 11.1 Å². The summed E-state index contributed by atoms with van der Waals surface area (Å²) in [4.78, 5) is 8.31. The van der Waals surface area contributed by atoms with E-state index in [9.17, 15) is 0 Å². The molecule has 1 unspecified atom stereocenters. The molecule has 1 aromatic heterocycles. The van der Waals surface area contributed by atoms with Gasteiger partial charge in [0, 0.05) is 12.4 Å². The maximum absolute atomic E-state index is 5.35. The third-order valence-electron chi connectivity index (χ3n) is 1.72. The Morgan fingerprint density at radius 3 is 2.46 bits per heavy atom. The molecule has 1 heterocycles. The lowest BCUT2D eigenvalue weighted by Crippen LogP contribution is -2.29. The maximum atomic E-state index is 5.35. The minimum atomic E-state index is -0.166. The Labute approximate surface area is 77.9 Å². The predicted octanol–water partition coefficient (Wildman–Crippen LogP) is 0.866. The zero-order valence-electron chi connectivity index (χ0n) is 7.91. The molecule has 13 heavy (non-hydrogen) atoms. The first kappa shape index (κ1) is 9.83. The molecule has 0 aliphatic heterocycles. The molecule has 1 atom stereocenters. The van der Waals surface area contributed by atoms with Crippen molar-refractivity contribution in [3.05, 3.63) is 35.9 Å². The summed E-state index contributed by atoms with van der Waals surface area (Å²) in [7, 11) is 0. The molecule has 1 rings (SSSR count). The summed E-state index contributed by atoms with van der Waals surface area (Å²) < 4.78 is 0. The Kier molecular flexibility index (Phi) is 3.11. The number of nitrogens with zero attached hydrogens (tertiary/aromatic N) is 2. The number of aromatic nitrogens is 2. The molecule has 0 fully saturated rings. The van der Waals surface area contributed by atoms with Gasteiger partial charge in [-0.15, -0.1) is 0 Å². The molecule has 3 N–H and O–H groups in total. The Balaban J connectivity index is 2.92. The number of hydrogen-bond donors (Lipinski definition) is 2. The lowest BCUT2D eigenvalue weighted by molar-refractivity contribution is 0.592. The number of rotatable bonds is 3. The molecule has 0 saturated heterocycles. The van der Waals surface area contributed by atoms with Gasteiger partial charge in [0.15, 0.2) is 5.82 Å². The van der Waals surface area contributed by atoms with Crippen LogP contribution in [-0.4, -0.2) is 9.97 Å². The number of hydrazine groups is 1. The van der Waals surface area contributed by atoms with Crippen molar-refractivity contribution in [2.24, 2.45) is 5.84 Å². The molecule has 4 heteroatoms. The van der Waals surface area contributed by atoms with Crippen molar-refractivity contribution < 1.29 is 0 Å². The van der Waals surface area contributed by atoms with Crippen LogP contribution in [0.15, 0.2) is 24.5 Å². The van der Waals surface area contributed by atoms with Crippen LogP contribution in [-0.2, 0) is 0 Å². The fourth-order valence-corrected chi connectivity index (χ4v) is 0.989. The Morgan fingerprint density at radius 1 is 1.54 bits per heavy atom. The quantitative estimate of drug-likeness (QED) is 0.409. The largest absolute Gasteiger partial charge is 0.270 e. The van der Waals surface area contributed by atoms with Crippen molar-refractivity contribution in [1.82, 2.24) is 15.4 Å². The summed E-state index contributed by atoms with van der Waals surface area (Å²) in [5, 5.41) is 0. The number of aryl methyl sites for hydroxylation is 1. The van der Waals surface area contributed by atoms with Crippen molar-refractivity contribution in [2.75, 3.05) is 0 Å². The molecule has 0 aliphatic carbocycles. The Morgan fingerprint density at radius 2 is 2.08 bits per heavy atom. The molecule has 0 saturated carbocycles. The summed E-state index contributed by atoms with van der Waals surface area (Å²) in [6.07, 6.45) is 3.52. The van der Waals surface area contributed by atoms with Gasteiger partial charge in [0.05, 0.1) is 0 Å². The molecular formula is C9H14N4. The first-order chi connectivity index (χ1) is 6.15. The van der Waals surface area contributed by atoms with E-state index in [1.165, 1.54) is 0 Å². The number of nitrogens with two attached hydrogens (primary N) is 1. The van der Waals surface area contributed by atoms with Gasteiger partial charge >= 0.3 is 0 Å². The summed E-state index contributed by atoms with van der Waals surface area (Å²) in [6, 6.07) is -0.166. The SMILES string of the molecule is C=C(C)C(NN)c1ncc(C)cn1. The molecule has 0 aromatic carbocycles. The predicted molar refractivity (Wildman–Crippen MR) is 51.6 cm³/mol. The van der Waals surface area contributed by atoms with Crippen molar-refractivity contribution in [1.29, 1.82) is 0 Å². The van der Waals surface area contributed by atoms with Crippen molar-refractivity contribution in [3.8, 4) is 0 Å². The van der Waals surface area contributed by atoms with Crippen LogP contribution in [0, 0.1) is 6.92 Å². The standard InChI is InChI=1S/C9H14N4/c1-6(2)8(13-10)9-11-4-7(3)5-12-9/h4-5,8,13H,1,10H2,2-3H3. The van der Waals surface area contributed by atoms with Crippen molar-refractivity contribution >= 4 is 0 Å². The number of hydrogen-bond acceptors (Lipinski definition) is 4. The maximum Gasteiger partial charge on any atom is 0.150 e. The normalized spacial score (nSPS) is 12.5. The third-order valence-corrected chi connectivity index (χ3v) is 1.72. The van der Waals surface area contributed by atoms with Gasteiger partial charge in [0.25, 0.3) is 0 Å². The van der Waals surface area contributed by atoms with Crippen LogP contribution in [0.3, 0.4) is 0 Å². The first-order valence-corrected chi connectivity index (χ1v) is 4.05. The Bertz CT molecular complexity index is 291. The van der Waals surface area contributed by atoms with Crippen molar-refractivity contribution in [2.45, 2.75) is 19.9 Å². The summed E-state index contributed by atoms with van der Waals surface area (Å²) in [5.74, 6) is 6.01. The van der Waals surface area contributed by atoms with Crippen LogP contribution in [0.4, 0.5) is 0 Å². The number of nitrogens with one attached hydrogen (secondary N) is 1. The summed E-state index contributed by atoms with van der Waals surface area (Å²) >= 11 is 0. The van der Waals surface area contributed by atoms with Gasteiger partial charge in [-0.1, -0.05) is 12.2 Å². The van der Waals surface area contributed by atoms with Gasteiger partial charge in [0.1, 0.15) is 6.04 Å². The Hall–Kier alpha value is -1.26. The van der Waals surface area contributed by atoms with E-state index in [1.54, 1.807) is 12.4 Å². The molecule has 0 aliphatic rings. The zero-order chi connectivity index (χ0) is 9.84. The van der Waals surface area contributed by atoms with Crippen LogP contribution >= 0.6 is 0 Å². The second-order valence-electron chi connectivity index (χ2n) is 3.06. The van der Waals surface area contributed by atoms with Crippen LogP contribution in [0.25, 0.3) is 0 Å². The van der Waals surface area contributed by atoms with Gasteiger partial charge in [-0.25, -0.2) is 15.4 Å². The fourth-order valence-electron chi connectivity index (χ4n) is 0.989. The lowest BCUT2D eigenvalue weighted by atomic mass is 10.1. The van der Waals surface area contributed by atoms with Gasteiger partial charge in [-0.2, -0.15) is 0 Å². The molecule has 0 radical (unpaired) electrons. The molecular weight excluding hydrogens is 164 g/mol. The summed E-state index contributed by atoms with van der Waals surface area (Å²) in [5.41, 5.74) is 4.54. The monoisotopic (exact) mass is 178 g/mol. The third kappa shape index (κ3) is 2.34. The van der Waals surface area contributed by atoms with E-state index in [0.29, 0.717) is 5.82 Å². The minimum absolute atomic E-state index is 0.166. The van der Waals surface area contributed by atoms with Crippen LogP contribution < -0.4 is 11.3 Å². The molecule has 0 amide bonds. The smallest absolute Gasteiger partial charge is 0.150 e. The average Bonchev–Trinajstić information content (AvgIpc) is 2.09. The highest BCUT2D eigenvalue weighted by Crippen LogP contribution is 2.13. The first-order valence-electron chi connectivity index (χ1n) is 4.05. The second kappa shape index (κ2) is 4.11. The minimum Gasteiger partial charge on any atom is -0.270 e. The lowest BCUT2D eigenvalue weighted by Gasteiger charge is -2.13. The molecule has 0 bridgehead atoms. The molecule has 70 valence electrons. The highest BCUT2D eigenvalue weighted by Gasteiger charge is 2.12. The van der Waals surface area contributed by atoms with E-state index in [2.05, 4.69) is 22.0 Å². The summed E-state index contributed by atoms with van der Waals surface area (Å²) in [6.45, 7) is 7.63. The van der Waals surface area contributed by atoms with E-state index in [1.807, 2.05) is 13.8 Å². The van der Waals surface area contributed by atoms with Gasteiger partial charge < -0.3 is 0 Å². The van der Waals surface area contributed by atoms with E-state index >= 15 is 0 Å². The molecule has 4 nitrogen and oxygen atoms in total. The van der Waals surface area contributed by atoms with E-state index in [-0.39, 0.29) is 6.04 Å². The van der Waals surface area contributed by atoms with Gasteiger partial charge in [-0.3, -0.25) is 5.84 Å². The van der Waals surface area contributed by atoms with Gasteiger partial charge in [0.2, 0.25) is 0 Å². The fraction of sp³-hybridized carbons (Fsp3) is 0.333. The van der Waals surface area contributed by atoms with E-state index in [4.69, 9.17) is 5.84 Å². The average molecular weight is 178 g/mol. The van der Waals surface area contributed by atoms with Crippen LogP contribution in [0.5, 0.6) is 0 Å². The molecule has 0 spiro atoms. The highest BCUT2D eigenvalue weighted by atomic mass is 15.2. The topological polar surface area (TPSA) is 63.8 Å². The molecule has 1 aromatic rings. The zero-order valence-corrected chi connectivity index (χ0v) is 7.91.